The summed E-state index contributed by atoms with van der Waals surface area (Å²) in [6.07, 6.45) is 1.17. The quantitative estimate of drug-likeness (QED) is 0.804. The second kappa shape index (κ2) is 8.56. The van der Waals surface area contributed by atoms with Crippen LogP contribution in [0.25, 0.3) is 0 Å². The van der Waals surface area contributed by atoms with E-state index in [1.54, 1.807) is 25.1 Å². The number of benzene rings is 1. The Bertz CT molecular complexity index is 710. The smallest absolute Gasteiger partial charge is 0.267 e. The fourth-order valence-electron chi connectivity index (χ4n) is 1.96. The number of amides is 2. The van der Waals surface area contributed by atoms with Gasteiger partial charge in [0.05, 0.1) is 4.88 Å². The highest BCUT2D eigenvalue weighted by Crippen LogP contribution is 2.12. The van der Waals surface area contributed by atoms with Crippen LogP contribution >= 0.6 is 23.6 Å². The van der Waals surface area contributed by atoms with Crippen molar-refractivity contribution in [2.24, 2.45) is 0 Å². The molecule has 0 saturated heterocycles. The molecule has 2 aromatic rings. The van der Waals surface area contributed by atoms with Gasteiger partial charge in [0, 0.05) is 26.2 Å². The second-order valence-corrected chi connectivity index (χ2v) is 6.73. The van der Waals surface area contributed by atoms with E-state index >= 15 is 0 Å². The number of nitrogens with one attached hydrogen (secondary N) is 2. The first-order valence-corrected chi connectivity index (χ1v) is 8.69. The summed E-state index contributed by atoms with van der Waals surface area (Å²) in [5.41, 5.74) is 1.86. The maximum Gasteiger partial charge on any atom is 0.267 e. The zero-order valence-electron chi connectivity index (χ0n) is 13.5. The van der Waals surface area contributed by atoms with E-state index in [-0.39, 0.29) is 16.9 Å². The summed E-state index contributed by atoms with van der Waals surface area (Å²) in [5.74, 6) is -0.115. The Morgan fingerprint density at radius 1 is 1.17 bits per heavy atom. The van der Waals surface area contributed by atoms with Crippen molar-refractivity contribution >= 4 is 46.2 Å². The van der Waals surface area contributed by atoms with Crippen LogP contribution in [0.15, 0.2) is 41.8 Å². The van der Waals surface area contributed by atoms with E-state index in [4.69, 9.17) is 12.2 Å². The molecule has 1 heterocycles. The van der Waals surface area contributed by atoms with Crippen molar-refractivity contribution in [3.05, 3.63) is 52.2 Å². The summed E-state index contributed by atoms with van der Waals surface area (Å²) >= 11 is 6.51. The molecule has 0 atom stereocenters. The molecule has 0 bridgehead atoms. The van der Waals surface area contributed by atoms with E-state index in [1.165, 1.54) is 11.3 Å². The summed E-state index contributed by atoms with van der Waals surface area (Å²) in [7, 11) is 3.50. The first-order chi connectivity index (χ1) is 11.5. The molecule has 2 amide bonds. The molecule has 0 aliphatic rings. The molecule has 0 fully saturated rings. The van der Waals surface area contributed by atoms with Crippen molar-refractivity contribution in [1.29, 1.82) is 0 Å². The number of thiocarbonyl (C=S) groups is 1. The summed E-state index contributed by atoms with van der Waals surface area (Å²) in [5, 5.41) is 7.71. The Hall–Kier alpha value is -2.25. The molecule has 1 aromatic heterocycles. The van der Waals surface area contributed by atoms with Crippen LogP contribution in [0.5, 0.6) is 0 Å². The summed E-state index contributed by atoms with van der Waals surface area (Å²) < 4.78 is 0. The molecule has 2 N–H and O–H groups in total. The standard InChI is InChI=1S/C17H19N3O2S2/c1-20(2)15(21)10-7-12-5-8-13(9-6-12)18-17(23)19-16(22)14-4-3-11-24-14/h3-6,8-9,11H,7,10H2,1-2H3,(H2,18,19,22,23). The van der Waals surface area contributed by atoms with Crippen LogP contribution < -0.4 is 10.6 Å². The molecule has 0 aliphatic heterocycles. The highest BCUT2D eigenvalue weighted by atomic mass is 32.1. The molecule has 1 aromatic carbocycles. The number of carbonyl (C=O) groups is 2. The lowest BCUT2D eigenvalue weighted by Gasteiger charge is -2.11. The van der Waals surface area contributed by atoms with Gasteiger partial charge in [-0.15, -0.1) is 11.3 Å². The highest BCUT2D eigenvalue weighted by molar-refractivity contribution is 7.80. The van der Waals surface area contributed by atoms with Crippen LogP contribution in [-0.2, 0) is 11.2 Å². The number of aryl methyl sites for hydroxylation is 1. The molecule has 126 valence electrons. The van der Waals surface area contributed by atoms with Gasteiger partial charge in [0.25, 0.3) is 5.91 Å². The first kappa shape index (κ1) is 18.1. The van der Waals surface area contributed by atoms with Gasteiger partial charge in [-0.2, -0.15) is 0 Å². The van der Waals surface area contributed by atoms with Crippen molar-refractivity contribution in [1.82, 2.24) is 10.2 Å². The lowest BCUT2D eigenvalue weighted by molar-refractivity contribution is -0.128. The normalized spacial score (nSPS) is 10.1. The molecule has 2 rings (SSSR count). The molecule has 0 spiro atoms. The number of carbonyl (C=O) groups excluding carboxylic acids is 2. The third kappa shape index (κ3) is 5.43. The maximum atomic E-state index is 11.9. The van der Waals surface area contributed by atoms with Gasteiger partial charge in [-0.05, 0) is 47.8 Å². The number of nitrogens with zero attached hydrogens (tertiary/aromatic N) is 1. The number of hydrogen-bond donors (Lipinski definition) is 2. The average molecular weight is 361 g/mol. The van der Waals surface area contributed by atoms with Gasteiger partial charge in [0.15, 0.2) is 5.11 Å². The number of hydrogen-bond acceptors (Lipinski definition) is 4. The van der Waals surface area contributed by atoms with Gasteiger partial charge in [-0.3, -0.25) is 14.9 Å². The molecule has 5 nitrogen and oxygen atoms in total. The Labute approximate surface area is 150 Å². The minimum absolute atomic E-state index is 0.106. The Morgan fingerprint density at radius 3 is 2.46 bits per heavy atom. The van der Waals surface area contributed by atoms with Crippen LogP contribution in [0.3, 0.4) is 0 Å². The third-order valence-electron chi connectivity index (χ3n) is 3.31. The van der Waals surface area contributed by atoms with E-state index in [1.807, 2.05) is 35.7 Å². The van der Waals surface area contributed by atoms with Gasteiger partial charge < -0.3 is 10.2 Å². The average Bonchev–Trinajstić information content (AvgIpc) is 3.08. The van der Waals surface area contributed by atoms with Crippen LogP contribution in [-0.4, -0.2) is 35.9 Å². The van der Waals surface area contributed by atoms with Crippen molar-refractivity contribution in [2.75, 3.05) is 19.4 Å². The van der Waals surface area contributed by atoms with Gasteiger partial charge in [-0.1, -0.05) is 18.2 Å². The van der Waals surface area contributed by atoms with Crippen LogP contribution in [0.4, 0.5) is 5.69 Å². The Balaban J connectivity index is 1.83. The number of anilines is 1. The molecular formula is C17H19N3O2S2. The van der Waals surface area contributed by atoms with Gasteiger partial charge in [0.1, 0.15) is 0 Å². The largest absolute Gasteiger partial charge is 0.349 e. The lowest BCUT2D eigenvalue weighted by atomic mass is 10.1. The zero-order valence-corrected chi connectivity index (χ0v) is 15.2. The third-order valence-corrected chi connectivity index (χ3v) is 4.38. The van der Waals surface area contributed by atoms with Crippen molar-refractivity contribution < 1.29 is 9.59 Å². The van der Waals surface area contributed by atoms with Crippen molar-refractivity contribution in [3.8, 4) is 0 Å². The fraction of sp³-hybridized carbons (Fsp3) is 0.235. The molecule has 0 saturated carbocycles. The zero-order chi connectivity index (χ0) is 17.5. The molecule has 7 heteroatoms. The molecule has 0 radical (unpaired) electrons. The topological polar surface area (TPSA) is 61.4 Å². The Kier molecular flexibility index (Phi) is 6.45. The van der Waals surface area contributed by atoms with Crippen LogP contribution in [0.2, 0.25) is 0 Å². The Morgan fingerprint density at radius 2 is 1.88 bits per heavy atom. The highest BCUT2D eigenvalue weighted by Gasteiger charge is 2.09. The van der Waals surface area contributed by atoms with Gasteiger partial charge in [0.2, 0.25) is 5.91 Å². The van der Waals surface area contributed by atoms with E-state index in [0.717, 1.165) is 11.3 Å². The van der Waals surface area contributed by atoms with E-state index < -0.39 is 0 Å². The minimum atomic E-state index is -0.221. The monoisotopic (exact) mass is 361 g/mol. The fourth-order valence-corrected chi connectivity index (χ4v) is 2.79. The van der Waals surface area contributed by atoms with E-state index in [0.29, 0.717) is 17.7 Å². The minimum Gasteiger partial charge on any atom is -0.349 e. The SMILES string of the molecule is CN(C)C(=O)CCc1ccc(NC(=S)NC(=O)c2cccs2)cc1. The van der Waals surface area contributed by atoms with Crippen molar-refractivity contribution in [2.45, 2.75) is 12.8 Å². The second-order valence-electron chi connectivity index (χ2n) is 5.37. The number of thiophene rings is 1. The summed E-state index contributed by atoms with van der Waals surface area (Å²) in [6, 6.07) is 11.2. The van der Waals surface area contributed by atoms with Gasteiger partial charge >= 0.3 is 0 Å². The molecular weight excluding hydrogens is 342 g/mol. The summed E-state index contributed by atoms with van der Waals surface area (Å²) in [6.45, 7) is 0. The van der Waals surface area contributed by atoms with E-state index in [2.05, 4.69) is 10.6 Å². The number of rotatable bonds is 5. The van der Waals surface area contributed by atoms with Crippen LogP contribution in [0.1, 0.15) is 21.7 Å². The molecule has 0 aliphatic carbocycles. The predicted octanol–water partition coefficient (Wildman–Crippen LogP) is 2.90. The maximum absolute atomic E-state index is 11.9. The van der Waals surface area contributed by atoms with Gasteiger partial charge in [-0.25, -0.2) is 0 Å². The predicted molar refractivity (Wildman–Crippen MR) is 101 cm³/mol. The molecule has 0 unspecified atom stereocenters. The first-order valence-electron chi connectivity index (χ1n) is 7.40. The lowest BCUT2D eigenvalue weighted by Crippen LogP contribution is -2.33. The van der Waals surface area contributed by atoms with Crippen molar-refractivity contribution in [3.63, 3.8) is 0 Å². The van der Waals surface area contributed by atoms with Crippen LogP contribution in [0, 0.1) is 0 Å². The summed E-state index contributed by atoms with van der Waals surface area (Å²) in [4.78, 5) is 25.7. The van der Waals surface area contributed by atoms with E-state index in [9.17, 15) is 9.59 Å². The molecule has 24 heavy (non-hydrogen) atoms.